The number of benzene rings is 1. The van der Waals surface area contributed by atoms with Gasteiger partial charge < -0.3 is 10.6 Å². The smallest absolute Gasteiger partial charge is 0.236 e. The maximum absolute atomic E-state index is 12.8. The van der Waals surface area contributed by atoms with Crippen LogP contribution in [0.5, 0.6) is 0 Å². The summed E-state index contributed by atoms with van der Waals surface area (Å²) in [6.07, 6.45) is 1.64. The number of thiocarbonyl (C=S) groups is 1. The minimum Gasteiger partial charge on any atom is -0.353 e. The average Bonchev–Trinajstić information content (AvgIpc) is 2.55. The number of nitrogens with zero attached hydrogens (tertiary/aromatic N) is 2. The van der Waals surface area contributed by atoms with Crippen molar-refractivity contribution in [1.82, 2.24) is 10.3 Å². The summed E-state index contributed by atoms with van der Waals surface area (Å²) in [5.41, 5.74) is 1.65. The van der Waals surface area contributed by atoms with E-state index >= 15 is 0 Å². The molecule has 0 aliphatic carbocycles. The van der Waals surface area contributed by atoms with E-state index in [0.717, 1.165) is 10.0 Å². The van der Waals surface area contributed by atoms with Gasteiger partial charge >= 0.3 is 0 Å². The lowest BCUT2D eigenvalue weighted by Crippen LogP contribution is -2.45. The highest BCUT2D eigenvalue weighted by molar-refractivity contribution is 9.10. The van der Waals surface area contributed by atoms with E-state index in [-0.39, 0.29) is 11.9 Å². The number of nitrogens with one attached hydrogen (secondary N) is 2. The molecule has 2 N–H and O–H groups in total. The monoisotopic (exact) mass is 402 g/mol. The van der Waals surface area contributed by atoms with Crippen LogP contribution in [0.3, 0.4) is 0 Å². The molecule has 1 aromatic heterocycles. The maximum Gasteiger partial charge on any atom is 0.236 e. The van der Waals surface area contributed by atoms with Gasteiger partial charge in [0.15, 0.2) is 5.11 Å². The van der Waals surface area contributed by atoms with Crippen molar-refractivity contribution >= 4 is 50.7 Å². The molecule has 2 unspecified atom stereocenters. The van der Waals surface area contributed by atoms with Crippen molar-refractivity contribution in [3.8, 4) is 0 Å². The molecule has 2 aromatic rings. The highest BCUT2D eigenvalue weighted by Crippen LogP contribution is 2.29. The Hall–Kier alpha value is -2.12. The van der Waals surface area contributed by atoms with Gasteiger partial charge in [-0.25, -0.2) is 9.98 Å². The minimum absolute atomic E-state index is 0.169. The van der Waals surface area contributed by atoms with Crippen LogP contribution in [-0.2, 0) is 4.79 Å². The molecular weight excluding hydrogens is 388 g/mol. The van der Waals surface area contributed by atoms with Crippen LogP contribution in [0.25, 0.3) is 0 Å². The van der Waals surface area contributed by atoms with Crippen molar-refractivity contribution < 1.29 is 4.79 Å². The van der Waals surface area contributed by atoms with E-state index in [1.807, 2.05) is 37.3 Å². The fraction of sp³-hybridized carbons (Fsp3) is 0.176. The SMILES string of the molecule is CC1=NC(=S)NC(c2ccc(Br)cc2)C1C(=O)Nc1ccccn1. The molecule has 0 bridgehead atoms. The number of halogens is 1. The van der Waals surface area contributed by atoms with Gasteiger partial charge in [0.2, 0.25) is 5.91 Å². The largest absolute Gasteiger partial charge is 0.353 e. The number of hydrogen-bond donors (Lipinski definition) is 2. The summed E-state index contributed by atoms with van der Waals surface area (Å²) in [7, 11) is 0. The summed E-state index contributed by atoms with van der Waals surface area (Å²) in [6, 6.07) is 12.9. The summed E-state index contributed by atoms with van der Waals surface area (Å²) in [4.78, 5) is 21.2. The summed E-state index contributed by atoms with van der Waals surface area (Å²) < 4.78 is 0.976. The Balaban J connectivity index is 1.91. The third-order valence-electron chi connectivity index (χ3n) is 3.77. The number of rotatable bonds is 3. The van der Waals surface area contributed by atoms with Gasteiger partial charge in [-0.05, 0) is 49.0 Å². The minimum atomic E-state index is -0.472. The Morgan fingerprint density at radius 2 is 2.00 bits per heavy atom. The second-order valence-corrected chi connectivity index (χ2v) is 6.72. The molecule has 3 rings (SSSR count). The van der Waals surface area contributed by atoms with E-state index in [0.29, 0.717) is 16.6 Å². The zero-order chi connectivity index (χ0) is 17.1. The maximum atomic E-state index is 12.8. The van der Waals surface area contributed by atoms with Crippen molar-refractivity contribution in [2.45, 2.75) is 13.0 Å². The Labute approximate surface area is 153 Å². The van der Waals surface area contributed by atoms with Crippen LogP contribution in [0.15, 0.2) is 58.1 Å². The molecule has 0 radical (unpaired) electrons. The quantitative estimate of drug-likeness (QED) is 0.771. The Morgan fingerprint density at radius 3 is 2.67 bits per heavy atom. The molecule has 122 valence electrons. The molecule has 1 aliphatic rings. The number of aromatic nitrogens is 1. The number of carbonyl (C=O) groups excluding carboxylic acids is 1. The van der Waals surface area contributed by atoms with Crippen molar-refractivity contribution in [2.24, 2.45) is 10.9 Å². The first-order valence-electron chi connectivity index (χ1n) is 7.37. The molecule has 2 heterocycles. The molecule has 0 saturated heterocycles. The Bertz CT molecular complexity index is 792. The molecule has 0 saturated carbocycles. The highest BCUT2D eigenvalue weighted by Gasteiger charge is 2.35. The summed E-state index contributed by atoms with van der Waals surface area (Å²) in [5.74, 6) is -0.129. The number of pyridine rings is 1. The van der Waals surface area contributed by atoms with Crippen LogP contribution in [0, 0.1) is 5.92 Å². The van der Waals surface area contributed by atoms with Gasteiger partial charge in [-0.15, -0.1) is 0 Å². The lowest BCUT2D eigenvalue weighted by Gasteiger charge is -2.31. The normalized spacial score (nSPS) is 20.1. The first kappa shape index (κ1) is 16.7. The topological polar surface area (TPSA) is 66.4 Å². The fourth-order valence-corrected chi connectivity index (χ4v) is 3.18. The molecule has 24 heavy (non-hydrogen) atoms. The van der Waals surface area contributed by atoms with Crippen molar-refractivity contribution in [3.63, 3.8) is 0 Å². The fourth-order valence-electron chi connectivity index (χ4n) is 2.65. The van der Waals surface area contributed by atoms with E-state index in [9.17, 15) is 4.79 Å². The third-order valence-corrected chi connectivity index (χ3v) is 4.51. The number of aliphatic imine (C=N–C) groups is 1. The molecule has 1 aromatic carbocycles. The molecule has 0 fully saturated rings. The van der Waals surface area contributed by atoms with E-state index in [1.54, 1.807) is 18.3 Å². The van der Waals surface area contributed by atoms with Gasteiger partial charge in [0, 0.05) is 16.4 Å². The summed E-state index contributed by atoms with van der Waals surface area (Å²) in [5, 5.41) is 6.38. The predicted octanol–water partition coefficient (Wildman–Crippen LogP) is 3.49. The molecule has 1 aliphatic heterocycles. The molecule has 2 atom stereocenters. The molecule has 0 spiro atoms. The first-order chi connectivity index (χ1) is 11.5. The van der Waals surface area contributed by atoms with E-state index in [4.69, 9.17) is 12.2 Å². The van der Waals surface area contributed by atoms with E-state index in [2.05, 4.69) is 36.5 Å². The van der Waals surface area contributed by atoms with Crippen LogP contribution >= 0.6 is 28.1 Å². The van der Waals surface area contributed by atoms with E-state index < -0.39 is 5.92 Å². The van der Waals surface area contributed by atoms with Crippen molar-refractivity contribution in [3.05, 3.63) is 58.7 Å². The van der Waals surface area contributed by atoms with Crippen LogP contribution in [-0.4, -0.2) is 21.7 Å². The lowest BCUT2D eigenvalue weighted by molar-refractivity contribution is -0.118. The second-order valence-electron chi connectivity index (χ2n) is 5.41. The third kappa shape index (κ3) is 3.68. The number of carbonyl (C=O) groups is 1. The average molecular weight is 403 g/mol. The predicted molar refractivity (Wildman–Crippen MR) is 102 cm³/mol. The zero-order valence-electron chi connectivity index (χ0n) is 12.9. The van der Waals surface area contributed by atoms with Gasteiger partial charge in [0.1, 0.15) is 11.7 Å². The summed E-state index contributed by atoms with van der Waals surface area (Å²) in [6.45, 7) is 1.82. The van der Waals surface area contributed by atoms with Gasteiger partial charge in [0.25, 0.3) is 0 Å². The Kier molecular flexibility index (Phi) is 5.01. The van der Waals surface area contributed by atoms with Gasteiger partial charge in [-0.1, -0.05) is 34.1 Å². The van der Waals surface area contributed by atoms with Crippen molar-refractivity contribution in [1.29, 1.82) is 0 Å². The van der Waals surface area contributed by atoms with Gasteiger partial charge in [-0.3, -0.25) is 4.79 Å². The Morgan fingerprint density at radius 1 is 1.25 bits per heavy atom. The van der Waals surface area contributed by atoms with Crippen LogP contribution in [0.4, 0.5) is 5.82 Å². The molecule has 5 nitrogen and oxygen atoms in total. The lowest BCUT2D eigenvalue weighted by atomic mass is 9.87. The van der Waals surface area contributed by atoms with Crippen LogP contribution in [0.2, 0.25) is 0 Å². The number of amides is 1. The van der Waals surface area contributed by atoms with Gasteiger partial charge in [-0.2, -0.15) is 0 Å². The van der Waals surface area contributed by atoms with Gasteiger partial charge in [0.05, 0.1) is 6.04 Å². The number of hydrogen-bond acceptors (Lipinski definition) is 3. The zero-order valence-corrected chi connectivity index (χ0v) is 15.3. The molecular formula is C17H15BrN4OS. The van der Waals surface area contributed by atoms with Crippen LogP contribution in [0.1, 0.15) is 18.5 Å². The van der Waals surface area contributed by atoms with E-state index in [1.165, 1.54) is 0 Å². The van der Waals surface area contributed by atoms with Crippen molar-refractivity contribution in [2.75, 3.05) is 5.32 Å². The van der Waals surface area contributed by atoms with Crippen LogP contribution < -0.4 is 10.6 Å². The summed E-state index contributed by atoms with van der Waals surface area (Å²) >= 11 is 8.63. The first-order valence-corrected chi connectivity index (χ1v) is 8.58. The number of anilines is 1. The molecule has 1 amide bonds. The standard InChI is InChI=1S/C17H15BrN4OS/c1-10-14(16(23)21-13-4-2-3-9-19-13)15(22-17(24)20-10)11-5-7-12(18)8-6-11/h2-9,14-15H,1H3,(H,22,24)(H,19,21,23). The molecule has 7 heteroatoms. The highest BCUT2D eigenvalue weighted by atomic mass is 79.9. The second kappa shape index (κ2) is 7.19.